The fourth-order valence-electron chi connectivity index (χ4n) is 0.821. The Labute approximate surface area is 85.1 Å². The molecule has 1 aromatic heterocycles. The Morgan fingerprint density at radius 2 is 2.21 bits per heavy atom. The fraction of sp³-hybridized carbons (Fsp3) is 0.500. The van der Waals surface area contributed by atoms with E-state index in [4.69, 9.17) is 0 Å². The monoisotopic (exact) mass is 198 g/mol. The third-order valence-corrected chi connectivity index (χ3v) is 1.57. The van der Waals surface area contributed by atoms with Crippen molar-refractivity contribution in [2.75, 3.05) is 25.6 Å². The minimum Gasteiger partial charge on any atom is -0.468 e. The van der Waals surface area contributed by atoms with Gasteiger partial charge in [0.2, 0.25) is 0 Å². The van der Waals surface area contributed by atoms with Crippen LogP contribution in [0.3, 0.4) is 0 Å². The van der Waals surface area contributed by atoms with E-state index in [1.165, 1.54) is 5.69 Å². The van der Waals surface area contributed by atoms with Crippen molar-refractivity contribution in [1.29, 1.82) is 0 Å². The first-order chi connectivity index (χ1) is 6.61. The van der Waals surface area contributed by atoms with Gasteiger partial charge in [-0.2, -0.15) is 0 Å². The molecule has 1 heterocycles. The summed E-state index contributed by atoms with van der Waals surface area (Å²) in [5, 5.41) is 0. The zero-order chi connectivity index (χ0) is 11.0. The maximum atomic E-state index is 9.18. The van der Waals surface area contributed by atoms with Crippen LogP contribution in [0.25, 0.3) is 0 Å². The number of aromatic nitrogens is 1. The second-order valence-corrected chi connectivity index (χ2v) is 2.98. The zero-order valence-electron chi connectivity index (χ0n) is 9.23. The largest absolute Gasteiger partial charge is 0.468 e. The lowest BCUT2D eigenvalue weighted by atomic mass is 10.5. The summed E-state index contributed by atoms with van der Waals surface area (Å²) in [6.07, 6.45) is 4.12. The lowest BCUT2D eigenvalue weighted by Gasteiger charge is -2.07. The number of aryl methyl sites for hydroxylation is 1. The zero-order valence-corrected chi connectivity index (χ0v) is 9.23. The molecule has 0 radical (unpaired) electrons. The Morgan fingerprint density at radius 3 is 2.36 bits per heavy atom. The van der Waals surface area contributed by atoms with Crippen LogP contribution in [0.2, 0.25) is 0 Å². The average Bonchev–Trinajstić information content (AvgIpc) is 2.54. The molecule has 0 fully saturated rings. The van der Waals surface area contributed by atoms with E-state index in [-0.39, 0.29) is 0 Å². The molecule has 4 heteroatoms. The number of hydrogen-bond acceptors (Lipinski definition) is 3. The molecule has 0 aliphatic rings. The normalized spacial score (nSPS) is 8.57. The van der Waals surface area contributed by atoms with Crippen LogP contribution in [0.1, 0.15) is 6.92 Å². The van der Waals surface area contributed by atoms with Crippen LogP contribution < -0.4 is 4.90 Å². The third kappa shape index (κ3) is 5.24. The Kier molecular flexibility index (Phi) is 6.28. The van der Waals surface area contributed by atoms with Crippen LogP contribution in [0.5, 0.6) is 0 Å². The maximum Gasteiger partial charge on any atom is 0.293 e. The van der Waals surface area contributed by atoms with Crippen LogP contribution in [-0.4, -0.2) is 31.7 Å². The second kappa shape index (κ2) is 7.00. The van der Waals surface area contributed by atoms with Gasteiger partial charge in [-0.15, -0.1) is 0 Å². The molecule has 0 spiro atoms. The van der Waals surface area contributed by atoms with Crippen molar-refractivity contribution in [1.82, 2.24) is 4.57 Å². The first-order valence-electron chi connectivity index (χ1n) is 4.46. The minimum atomic E-state index is 0.431. The molecule has 0 saturated carbocycles. The van der Waals surface area contributed by atoms with E-state index in [0.29, 0.717) is 13.1 Å². The summed E-state index contributed by atoms with van der Waals surface area (Å²) < 4.78 is 6.19. The number of nitrogens with zero attached hydrogens (tertiary/aromatic N) is 2. The van der Waals surface area contributed by atoms with Crippen LogP contribution in [0.4, 0.5) is 5.69 Å². The standard InChI is InChI=1S/C7H12N2.C3H6O2/c1-8(2)7-4-5-9(3)6-7;1-2-5-3-4/h4-6H,1-3H3;3H,2H2,1H3. The van der Waals surface area contributed by atoms with Gasteiger partial charge >= 0.3 is 0 Å². The molecule has 1 aromatic rings. The van der Waals surface area contributed by atoms with E-state index >= 15 is 0 Å². The van der Waals surface area contributed by atoms with Crippen molar-refractivity contribution in [3.05, 3.63) is 18.5 Å². The molecule has 0 bridgehead atoms. The topological polar surface area (TPSA) is 34.5 Å². The Hall–Kier alpha value is -1.45. The molecule has 80 valence electrons. The van der Waals surface area contributed by atoms with Crippen LogP contribution in [0.15, 0.2) is 18.5 Å². The van der Waals surface area contributed by atoms with Gasteiger partial charge in [-0.3, -0.25) is 4.79 Å². The maximum absolute atomic E-state index is 9.18. The Balaban J connectivity index is 0.000000292. The van der Waals surface area contributed by atoms with E-state index in [9.17, 15) is 4.79 Å². The summed E-state index contributed by atoms with van der Waals surface area (Å²) in [6.45, 7) is 2.66. The summed E-state index contributed by atoms with van der Waals surface area (Å²) in [6, 6.07) is 2.08. The molecule has 0 aliphatic carbocycles. The molecule has 4 nitrogen and oxygen atoms in total. The molecule has 0 atom stereocenters. The molecule has 14 heavy (non-hydrogen) atoms. The summed E-state index contributed by atoms with van der Waals surface area (Å²) in [5.41, 5.74) is 1.25. The van der Waals surface area contributed by atoms with Gasteiger partial charge in [-0.1, -0.05) is 0 Å². The van der Waals surface area contributed by atoms with E-state index in [1.54, 1.807) is 6.92 Å². The van der Waals surface area contributed by atoms with Crippen molar-refractivity contribution in [2.24, 2.45) is 7.05 Å². The molecule has 1 rings (SSSR count). The van der Waals surface area contributed by atoms with Crippen molar-refractivity contribution in [2.45, 2.75) is 6.92 Å². The summed E-state index contributed by atoms with van der Waals surface area (Å²) >= 11 is 0. The molecule has 0 aliphatic heterocycles. The smallest absolute Gasteiger partial charge is 0.293 e. The first-order valence-corrected chi connectivity index (χ1v) is 4.46. The highest BCUT2D eigenvalue weighted by molar-refractivity contribution is 5.42. The Bertz CT molecular complexity index is 256. The quantitative estimate of drug-likeness (QED) is 0.686. The molecule has 0 N–H and O–H groups in total. The summed E-state index contributed by atoms with van der Waals surface area (Å²) in [7, 11) is 6.09. The van der Waals surface area contributed by atoms with Gasteiger partial charge in [0.05, 0.1) is 12.3 Å². The van der Waals surface area contributed by atoms with Crippen LogP contribution in [0, 0.1) is 0 Å². The van der Waals surface area contributed by atoms with Gasteiger partial charge in [-0.05, 0) is 13.0 Å². The minimum absolute atomic E-state index is 0.431. The number of anilines is 1. The molecular formula is C10H18N2O2. The first kappa shape index (κ1) is 12.6. The molecule has 0 unspecified atom stereocenters. The highest BCUT2D eigenvalue weighted by atomic mass is 16.5. The summed E-state index contributed by atoms with van der Waals surface area (Å²) in [4.78, 5) is 11.3. The van der Waals surface area contributed by atoms with E-state index in [0.717, 1.165) is 0 Å². The lowest BCUT2D eigenvalue weighted by molar-refractivity contribution is -0.128. The van der Waals surface area contributed by atoms with Crippen molar-refractivity contribution in [3.63, 3.8) is 0 Å². The van der Waals surface area contributed by atoms with Crippen LogP contribution >= 0.6 is 0 Å². The Morgan fingerprint density at radius 1 is 1.57 bits per heavy atom. The molecule has 0 aromatic carbocycles. The van der Waals surface area contributed by atoms with Crippen molar-refractivity contribution in [3.8, 4) is 0 Å². The second-order valence-electron chi connectivity index (χ2n) is 2.98. The van der Waals surface area contributed by atoms with Crippen LogP contribution in [-0.2, 0) is 16.6 Å². The summed E-state index contributed by atoms with van der Waals surface area (Å²) in [5.74, 6) is 0. The number of carbonyl (C=O) groups excluding carboxylic acids is 1. The number of ether oxygens (including phenoxy) is 1. The van der Waals surface area contributed by atoms with Gasteiger partial charge in [0.1, 0.15) is 0 Å². The third-order valence-electron chi connectivity index (χ3n) is 1.57. The predicted octanol–water partition coefficient (Wildman–Crippen LogP) is 1.27. The molecule has 0 saturated heterocycles. The van der Waals surface area contributed by atoms with Gasteiger partial charge in [0, 0.05) is 33.5 Å². The SMILES string of the molecule is CCOC=O.CN(C)c1ccn(C)c1. The van der Waals surface area contributed by atoms with Gasteiger partial charge in [-0.25, -0.2) is 0 Å². The number of hydrogen-bond donors (Lipinski definition) is 0. The van der Waals surface area contributed by atoms with E-state index < -0.39 is 0 Å². The van der Waals surface area contributed by atoms with Gasteiger partial charge in [0.15, 0.2) is 0 Å². The van der Waals surface area contributed by atoms with Gasteiger partial charge in [0.25, 0.3) is 6.47 Å². The van der Waals surface area contributed by atoms with E-state index in [2.05, 4.69) is 21.9 Å². The molecule has 0 amide bonds. The lowest BCUT2D eigenvalue weighted by Crippen LogP contribution is -2.07. The van der Waals surface area contributed by atoms with E-state index in [1.807, 2.05) is 31.9 Å². The van der Waals surface area contributed by atoms with Gasteiger partial charge < -0.3 is 14.2 Å². The van der Waals surface area contributed by atoms with Crippen molar-refractivity contribution < 1.29 is 9.53 Å². The van der Waals surface area contributed by atoms with Crippen molar-refractivity contribution >= 4 is 12.2 Å². The highest BCUT2D eigenvalue weighted by Gasteiger charge is 1.92. The number of carbonyl (C=O) groups is 1. The molecular weight excluding hydrogens is 180 g/mol. The predicted molar refractivity (Wildman–Crippen MR) is 57.4 cm³/mol. The number of rotatable bonds is 3. The highest BCUT2D eigenvalue weighted by Crippen LogP contribution is 2.08. The average molecular weight is 198 g/mol. The fourth-order valence-corrected chi connectivity index (χ4v) is 0.821.